The Balaban J connectivity index is 3.06. The molecule has 0 aliphatic rings. The average molecular weight is 580 g/mol. The van der Waals surface area contributed by atoms with Gasteiger partial charge >= 0.3 is 17.9 Å². The first-order valence-corrected chi connectivity index (χ1v) is 12.7. The van der Waals surface area contributed by atoms with Crippen molar-refractivity contribution in [3.8, 4) is 0 Å². The molecule has 1 aromatic carbocycles. The van der Waals surface area contributed by atoms with Crippen LogP contribution in [-0.2, 0) is 35.2 Å². The maximum atomic E-state index is 13.2. The summed E-state index contributed by atoms with van der Waals surface area (Å²) in [5, 5.41) is 34.4. The number of nitrogens with zero attached hydrogens (tertiary/aromatic N) is 1. The van der Waals surface area contributed by atoms with Crippen molar-refractivity contribution in [2.24, 2.45) is 22.2 Å². The van der Waals surface area contributed by atoms with Crippen LogP contribution in [0.2, 0.25) is 0 Å². The Morgan fingerprint density at radius 2 is 1.22 bits per heavy atom. The average Bonchev–Trinajstić information content (AvgIpc) is 2.90. The number of carboxylic acids is 3. The molecule has 41 heavy (non-hydrogen) atoms. The molecule has 16 nitrogen and oxygen atoms in total. The molecule has 0 radical (unpaired) electrons. The van der Waals surface area contributed by atoms with Gasteiger partial charge in [-0.25, -0.2) is 4.79 Å². The maximum absolute atomic E-state index is 13.2. The topological polar surface area (TPSA) is 290 Å². The highest BCUT2D eigenvalue weighted by molar-refractivity contribution is 5.94. The minimum atomic E-state index is -1.56. The molecule has 0 aliphatic heterocycles. The second kappa shape index (κ2) is 17.8. The molecule has 0 aromatic heterocycles. The fourth-order valence-electron chi connectivity index (χ4n) is 3.62. The van der Waals surface area contributed by atoms with Crippen molar-refractivity contribution in [3.63, 3.8) is 0 Å². The number of nitrogens with one attached hydrogen (secondary N) is 3. The Labute approximate surface area is 235 Å². The molecular weight excluding hydrogens is 542 g/mol. The number of aliphatic imine (C=N–C) groups is 1. The summed E-state index contributed by atoms with van der Waals surface area (Å²) < 4.78 is 0. The second-order valence-corrected chi connectivity index (χ2v) is 9.13. The number of hydrogen-bond acceptors (Lipinski definition) is 8. The van der Waals surface area contributed by atoms with Crippen molar-refractivity contribution in [3.05, 3.63) is 35.9 Å². The quantitative estimate of drug-likeness (QED) is 0.0483. The first-order valence-electron chi connectivity index (χ1n) is 12.7. The van der Waals surface area contributed by atoms with Gasteiger partial charge in [-0.3, -0.25) is 29.0 Å². The zero-order chi connectivity index (χ0) is 30.9. The number of carboxylic acid groups (broad SMARTS) is 3. The summed E-state index contributed by atoms with van der Waals surface area (Å²) in [5.41, 5.74) is 17.3. The Morgan fingerprint density at radius 3 is 1.73 bits per heavy atom. The van der Waals surface area contributed by atoms with Crippen molar-refractivity contribution in [1.82, 2.24) is 16.0 Å². The van der Waals surface area contributed by atoms with Crippen molar-refractivity contribution in [1.29, 1.82) is 0 Å². The smallest absolute Gasteiger partial charge is 0.326 e. The predicted octanol–water partition coefficient (Wildman–Crippen LogP) is -2.12. The molecule has 0 saturated carbocycles. The van der Waals surface area contributed by atoms with Gasteiger partial charge in [0.1, 0.15) is 18.1 Å². The summed E-state index contributed by atoms with van der Waals surface area (Å²) in [6.45, 7) is 0.0663. The van der Waals surface area contributed by atoms with Gasteiger partial charge in [-0.05, 0) is 37.7 Å². The highest BCUT2D eigenvalue weighted by atomic mass is 16.4. The third kappa shape index (κ3) is 14.3. The molecule has 1 aromatic rings. The van der Waals surface area contributed by atoms with Gasteiger partial charge in [0.15, 0.2) is 5.96 Å². The zero-order valence-electron chi connectivity index (χ0n) is 22.3. The largest absolute Gasteiger partial charge is 0.481 e. The Morgan fingerprint density at radius 1 is 0.732 bits per heavy atom. The van der Waals surface area contributed by atoms with Gasteiger partial charge in [0.25, 0.3) is 0 Å². The standard InChI is InChI=1S/C25H37N7O9/c26-15(13-14-5-2-1-3-6-14)21(37)30-17(8-10-19(33)34)23(39)31-16(7-4-12-29-25(27)28)22(38)32-18(24(40)41)9-11-20(35)36/h1-3,5-6,15-18H,4,7-13,26H2,(H,30,37)(H,31,39)(H,32,38)(H,33,34)(H,35,36)(H,40,41)(H4,27,28,29). The highest BCUT2D eigenvalue weighted by Crippen LogP contribution is 2.07. The zero-order valence-corrected chi connectivity index (χ0v) is 22.3. The van der Waals surface area contributed by atoms with E-state index < -0.39 is 79.1 Å². The van der Waals surface area contributed by atoms with Crippen LogP contribution in [0.3, 0.4) is 0 Å². The van der Waals surface area contributed by atoms with E-state index in [1.165, 1.54) is 0 Å². The van der Waals surface area contributed by atoms with E-state index in [-0.39, 0.29) is 38.2 Å². The summed E-state index contributed by atoms with van der Waals surface area (Å²) in [6, 6.07) is 3.45. The van der Waals surface area contributed by atoms with E-state index in [0.29, 0.717) is 0 Å². The number of amides is 3. The van der Waals surface area contributed by atoms with E-state index in [1.807, 2.05) is 0 Å². The summed E-state index contributed by atoms with van der Waals surface area (Å²) in [7, 11) is 0. The predicted molar refractivity (Wildman–Crippen MR) is 145 cm³/mol. The number of rotatable bonds is 19. The van der Waals surface area contributed by atoms with Gasteiger partial charge in [0.05, 0.1) is 6.04 Å². The van der Waals surface area contributed by atoms with Crippen LogP contribution in [0.1, 0.15) is 44.1 Å². The van der Waals surface area contributed by atoms with Gasteiger partial charge < -0.3 is 48.5 Å². The maximum Gasteiger partial charge on any atom is 0.326 e. The lowest BCUT2D eigenvalue weighted by molar-refractivity contribution is -0.143. The third-order valence-electron chi connectivity index (χ3n) is 5.75. The van der Waals surface area contributed by atoms with E-state index in [0.717, 1.165) is 5.56 Å². The highest BCUT2D eigenvalue weighted by Gasteiger charge is 2.30. The van der Waals surface area contributed by atoms with Crippen LogP contribution < -0.4 is 33.2 Å². The minimum Gasteiger partial charge on any atom is -0.481 e. The fourth-order valence-corrected chi connectivity index (χ4v) is 3.62. The first kappa shape index (κ1) is 34.3. The fraction of sp³-hybridized carbons (Fsp3) is 0.480. The molecule has 0 fully saturated rings. The van der Waals surface area contributed by atoms with Crippen LogP contribution in [0.15, 0.2) is 35.3 Å². The van der Waals surface area contributed by atoms with E-state index in [9.17, 15) is 33.9 Å². The lowest BCUT2D eigenvalue weighted by Crippen LogP contribution is -2.57. The number of aliphatic carboxylic acids is 3. The van der Waals surface area contributed by atoms with E-state index in [4.69, 9.17) is 27.4 Å². The summed E-state index contributed by atoms with van der Waals surface area (Å²) in [4.78, 5) is 76.3. The lowest BCUT2D eigenvalue weighted by Gasteiger charge is -2.25. The Hall–Kier alpha value is -4.73. The van der Waals surface area contributed by atoms with Crippen LogP contribution in [-0.4, -0.2) is 87.6 Å². The van der Waals surface area contributed by atoms with E-state index in [1.54, 1.807) is 30.3 Å². The van der Waals surface area contributed by atoms with Crippen molar-refractivity contribution in [2.75, 3.05) is 6.54 Å². The number of carbonyl (C=O) groups is 6. The molecule has 3 amide bonds. The molecule has 0 heterocycles. The number of nitrogens with two attached hydrogens (primary N) is 3. The number of benzene rings is 1. The molecule has 0 saturated heterocycles. The van der Waals surface area contributed by atoms with Crippen LogP contribution in [0.5, 0.6) is 0 Å². The van der Waals surface area contributed by atoms with Crippen LogP contribution in [0, 0.1) is 0 Å². The molecule has 16 heteroatoms. The lowest BCUT2D eigenvalue weighted by atomic mass is 10.0. The molecule has 1 rings (SSSR count). The first-order chi connectivity index (χ1) is 19.3. The van der Waals surface area contributed by atoms with E-state index in [2.05, 4.69) is 20.9 Å². The molecule has 4 atom stereocenters. The van der Waals surface area contributed by atoms with Gasteiger partial charge in [-0.1, -0.05) is 30.3 Å². The van der Waals surface area contributed by atoms with Crippen LogP contribution >= 0.6 is 0 Å². The van der Waals surface area contributed by atoms with Gasteiger partial charge in [0.2, 0.25) is 17.7 Å². The third-order valence-corrected chi connectivity index (χ3v) is 5.75. The Kier molecular flexibility index (Phi) is 14.9. The number of guanidine groups is 1. The summed E-state index contributed by atoms with van der Waals surface area (Å²) >= 11 is 0. The van der Waals surface area contributed by atoms with Crippen molar-refractivity contribution >= 4 is 41.6 Å². The molecule has 0 bridgehead atoms. The second-order valence-electron chi connectivity index (χ2n) is 9.13. The monoisotopic (exact) mass is 579 g/mol. The molecule has 4 unspecified atom stereocenters. The molecular formula is C25H37N7O9. The summed E-state index contributed by atoms with van der Waals surface area (Å²) in [5.74, 6) is -6.78. The number of carbonyl (C=O) groups excluding carboxylic acids is 3. The van der Waals surface area contributed by atoms with Crippen molar-refractivity contribution in [2.45, 2.75) is 69.1 Å². The van der Waals surface area contributed by atoms with Gasteiger partial charge in [0, 0.05) is 19.4 Å². The van der Waals surface area contributed by atoms with Crippen LogP contribution in [0.4, 0.5) is 0 Å². The van der Waals surface area contributed by atoms with E-state index >= 15 is 0 Å². The molecule has 0 spiro atoms. The Bertz CT molecular complexity index is 1090. The summed E-state index contributed by atoms with van der Waals surface area (Å²) in [6.07, 6.45) is -1.55. The van der Waals surface area contributed by atoms with Crippen LogP contribution in [0.25, 0.3) is 0 Å². The number of hydrogen-bond donors (Lipinski definition) is 9. The van der Waals surface area contributed by atoms with Crippen molar-refractivity contribution < 1.29 is 44.1 Å². The van der Waals surface area contributed by atoms with Gasteiger partial charge in [-0.15, -0.1) is 0 Å². The minimum absolute atomic E-state index is 0.0663. The molecule has 12 N–H and O–H groups in total. The van der Waals surface area contributed by atoms with Gasteiger partial charge in [-0.2, -0.15) is 0 Å². The molecule has 0 aliphatic carbocycles. The molecule has 226 valence electrons. The SMILES string of the molecule is NC(N)=NCCCC(NC(=O)C(CCC(=O)O)NC(=O)C(N)Cc1ccccc1)C(=O)NC(CCC(=O)O)C(=O)O. The normalized spacial score (nSPS) is 13.5.